The first-order valence-corrected chi connectivity index (χ1v) is 7.18. The molecular weight excluding hydrogens is 379 g/mol. The van der Waals surface area contributed by atoms with Crippen LogP contribution in [0.3, 0.4) is 0 Å². The van der Waals surface area contributed by atoms with Crippen LogP contribution in [0, 0.1) is 0 Å². The molecule has 0 aliphatic carbocycles. The molecule has 6 heteroatoms. The van der Waals surface area contributed by atoms with Crippen molar-refractivity contribution in [3.05, 3.63) is 30.3 Å². The fourth-order valence-electron chi connectivity index (χ4n) is 1.69. The van der Waals surface area contributed by atoms with Crippen LogP contribution in [0.1, 0.15) is 13.3 Å². The lowest BCUT2D eigenvalue weighted by molar-refractivity contribution is 0.152. The van der Waals surface area contributed by atoms with Gasteiger partial charge >= 0.3 is 0 Å². The normalized spacial score (nSPS) is 10.7. The number of anilines is 1. The Kier molecular flexibility index (Phi) is 13.3. The average Bonchev–Trinajstić information content (AvgIpc) is 2.50. The van der Waals surface area contributed by atoms with Gasteiger partial charge < -0.3 is 20.7 Å². The van der Waals surface area contributed by atoms with Crippen molar-refractivity contribution in [3.8, 4) is 0 Å². The van der Waals surface area contributed by atoms with Gasteiger partial charge in [0, 0.05) is 39.0 Å². The molecule has 5 nitrogen and oxygen atoms in total. The molecule has 3 N–H and O–H groups in total. The minimum atomic E-state index is 0. The van der Waals surface area contributed by atoms with E-state index in [9.17, 15) is 0 Å². The summed E-state index contributed by atoms with van der Waals surface area (Å²) in [6.07, 6.45) is 1.03. The van der Waals surface area contributed by atoms with Gasteiger partial charge in [-0.3, -0.25) is 4.99 Å². The van der Waals surface area contributed by atoms with E-state index < -0.39 is 0 Å². The van der Waals surface area contributed by atoms with Crippen molar-refractivity contribution in [1.82, 2.24) is 10.6 Å². The molecular formula is C15H27IN4O. The first-order chi connectivity index (χ1) is 9.86. The van der Waals surface area contributed by atoms with Gasteiger partial charge in [-0.2, -0.15) is 0 Å². The summed E-state index contributed by atoms with van der Waals surface area (Å²) in [5, 5.41) is 9.86. The number of ether oxygens (including phenoxy) is 1. The number of hydrogen-bond acceptors (Lipinski definition) is 3. The van der Waals surface area contributed by atoms with E-state index in [0.717, 1.165) is 44.3 Å². The van der Waals surface area contributed by atoms with Crippen molar-refractivity contribution in [2.45, 2.75) is 13.3 Å². The van der Waals surface area contributed by atoms with Crippen molar-refractivity contribution >= 4 is 35.6 Å². The van der Waals surface area contributed by atoms with E-state index in [1.54, 1.807) is 7.05 Å². The zero-order chi connectivity index (χ0) is 14.5. The average molecular weight is 406 g/mol. The monoisotopic (exact) mass is 406 g/mol. The van der Waals surface area contributed by atoms with Gasteiger partial charge in [0.25, 0.3) is 0 Å². The van der Waals surface area contributed by atoms with Crippen LogP contribution >= 0.6 is 24.0 Å². The lowest BCUT2D eigenvalue weighted by Crippen LogP contribution is -2.39. The Balaban J connectivity index is 0.00000400. The minimum absolute atomic E-state index is 0. The van der Waals surface area contributed by atoms with Gasteiger partial charge in [0.15, 0.2) is 5.96 Å². The number of guanidine groups is 1. The second-order valence-electron chi connectivity index (χ2n) is 4.27. The fourth-order valence-corrected chi connectivity index (χ4v) is 1.69. The van der Waals surface area contributed by atoms with Crippen LogP contribution in [0.25, 0.3) is 0 Å². The molecule has 1 rings (SSSR count). The zero-order valence-corrected chi connectivity index (χ0v) is 15.2. The maximum atomic E-state index is 5.27. The van der Waals surface area contributed by atoms with E-state index in [2.05, 4.69) is 33.1 Å². The molecule has 0 aromatic heterocycles. The van der Waals surface area contributed by atoms with E-state index >= 15 is 0 Å². The number of nitrogens with one attached hydrogen (secondary N) is 3. The molecule has 1 aromatic rings. The van der Waals surface area contributed by atoms with Gasteiger partial charge in [0.05, 0.1) is 6.61 Å². The van der Waals surface area contributed by atoms with Crippen LogP contribution in [0.15, 0.2) is 35.3 Å². The molecule has 0 aliphatic heterocycles. The number of halogens is 1. The summed E-state index contributed by atoms with van der Waals surface area (Å²) in [5.74, 6) is 0.824. The van der Waals surface area contributed by atoms with Crippen molar-refractivity contribution in [3.63, 3.8) is 0 Å². The van der Waals surface area contributed by atoms with Gasteiger partial charge in [-0.1, -0.05) is 18.2 Å². The lowest BCUT2D eigenvalue weighted by Gasteiger charge is -2.12. The highest BCUT2D eigenvalue weighted by Gasteiger charge is 1.96. The Labute approximate surface area is 145 Å². The smallest absolute Gasteiger partial charge is 0.191 e. The van der Waals surface area contributed by atoms with Crippen LogP contribution in [-0.2, 0) is 4.74 Å². The van der Waals surface area contributed by atoms with Gasteiger partial charge in [0.1, 0.15) is 0 Å². The predicted molar refractivity (Wildman–Crippen MR) is 101 cm³/mol. The zero-order valence-electron chi connectivity index (χ0n) is 12.9. The predicted octanol–water partition coefficient (Wildman–Crippen LogP) is 2.31. The van der Waals surface area contributed by atoms with Crippen LogP contribution in [0.4, 0.5) is 5.69 Å². The maximum absolute atomic E-state index is 5.27. The third-order valence-corrected chi connectivity index (χ3v) is 2.72. The first-order valence-electron chi connectivity index (χ1n) is 7.18. The third kappa shape index (κ3) is 10.4. The number of benzene rings is 1. The molecule has 0 aliphatic rings. The van der Waals surface area contributed by atoms with E-state index in [-0.39, 0.29) is 24.0 Å². The standard InChI is InChI=1S/C15H26N4O.HI/c1-3-20-13-12-19-15(16-2)18-11-7-10-17-14-8-5-4-6-9-14;/h4-6,8-9,17H,3,7,10-13H2,1-2H3,(H2,16,18,19);1H. The summed E-state index contributed by atoms with van der Waals surface area (Å²) in [5.41, 5.74) is 1.16. The molecule has 0 atom stereocenters. The molecule has 120 valence electrons. The molecule has 0 heterocycles. The van der Waals surface area contributed by atoms with Gasteiger partial charge in [-0.25, -0.2) is 0 Å². The quantitative estimate of drug-likeness (QED) is 0.255. The van der Waals surface area contributed by atoms with Crippen molar-refractivity contribution in [2.75, 3.05) is 45.2 Å². The van der Waals surface area contributed by atoms with Crippen LogP contribution < -0.4 is 16.0 Å². The molecule has 0 spiro atoms. The number of rotatable bonds is 9. The molecule has 1 aromatic carbocycles. The van der Waals surface area contributed by atoms with E-state index in [1.165, 1.54) is 0 Å². The number of hydrogen-bond donors (Lipinski definition) is 3. The second-order valence-corrected chi connectivity index (χ2v) is 4.27. The van der Waals surface area contributed by atoms with Gasteiger partial charge in [-0.15, -0.1) is 24.0 Å². The van der Waals surface area contributed by atoms with Crippen LogP contribution in [-0.4, -0.2) is 45.9 Å². The Bertz CT molecular complexity index is 373. The van der Waals surface area contributed by atoms with Crippen LogP contribution in [0.2, 0.25) is 0 Å². The van der Waals surface area contributed by atoms with E-state index in [1.807, 2.05) is 25.1 Å². The summed E-state index contributed by atoms with van der Waals surface area (Å²) in [7, 11) is 1.78. The SMILES string of the molecule is CCOCCNC(=NC)NCCCNc1ccccc1.I. The summed E-state index contributed by atoms with van der Waals surface area (Å²) >= 11 is 0. The van der Waals surface area contributed by atoms with E-state index in [0.29, 0.717) is 6.61 Å². The maximum Gasteiger partial charge on any atom is 0.191 e. The Morgan fingerprint density at radius 1 is 1.10 bits per heavy atom. The number of nitrogens with zero attached hydrogens (tertiary/aromatic N) is 1. The highest BCUT2D eigenvalue weighted by atomic mass is 127. The molecule has 0 radical (unpaired) electrons. The highest BCUT2D eigenvalue weighted by molar-refractivity contribution is 14.0. The summed E-state index contributed by atoms with van der Waals surface area (Å²) in [6, 6.07) is 10.2. The summed E-state index contributed by atoms with van der Waals surface area (Å²) in [4.78, 5) is 4.16. The second kappa shape index (κ2) is 13.9. The Morgan fingerprint density at radius 2 is 1.81 bits per heavy atom. The van der Waals surface area contributed by atoms with Crippen molar-refractivity contribution in [2.24, 2.45) is 4.99 Å². The van der Waals surface area contributed by atoms with Crippen LogP contribution in [0.5, 0.6) is 0 Å². The number of para-hydroxylation sites is 1. The topological polar surface area (TPSA) is 57.7 Å². The molecule has 0 bridgehead atoms. The summed E-state index contributed by atoms with van der Waals surface area (Å²) < 4.78 is 5.27. The minimum Gasteiger partial charge on any atom is -0.385 e. The Morgan fingerprint density at radius 3 is 2.48 bits per heavy atom. The fraction of sp³-hybridized carbons (Fsp3) is 0.533. The third-order valence-electron chi connectivity index (χ3n) is 2.72. The molecule has 0 saturated carbocycles. The molecule has 0 saturated heterocycles. The highest BCUT2D eigenvalue weighted by Crippen LogP contribution is 2.03. The van der Waals surface area contributed by atoms with E-state index in [4.69, 9.17) is 4.74 Å². The Hall–Kier alpha value is -1.02. The van der Waals surface area contributed by atoms with Crippen molar-refractivity contribution in [1.29, 1.82) is 0 Å². The van der Waals surface area contributed by atoms with Gasteiger partial charge in [-0.05, 0) is 25.5 Å². The molecule has 0 fully saturated rings. The molecule has 0 unspecified atom stereocenters. The summed E-state index contributed by atoms with van der Waals surface area (Å²) in [6.45, 7) is 6.04. The van der Waals surface area contributed by atoms with Crippen molar-refractivity contribution < 1.29 is 4.74 Å². The molecule has 21 heavy (non-hydrogen) atoms. The lowest BCUT2D eigenvalue weighted by atomic mass is 10.3. The number of aliphatic imine (C=N–C) groups is 1. The van der Waals surface area contributed by atoms with Gasteiger partial charge in [0.2, 0.25) is 0 Å². The first kappa shape index (κ1) is 20.0. The largest absolute Gasteiger partial charge is 0.385 e. The molecule has 0 amide bonds.